The Kier molecular flexibility index (Phi) is 3.47. The zero-order valence-corrected chi connectivity index (χ0v) is 12.7. The summed E-state index contributed by atoms with van der Waals surface area (Å²) in [6.07, 6.45) is 0. The molecule has 2 amide bonds. The van der Waals surface area contributed by atoms with Gasteiger partial charge in [-0.15, -0.1) is 11.3 Å². The van der Waals surface area contributed by atoms with Crippen molar-refractivity contribution in [1.29, 1.82) is 0 Å². The molecule has 0 saturated carbocycles. The number of rotatable bonds is 2. The Hall–Kier alpha value is -2.21. The predicted molar refractivity (Wildman–Crippen MR) is 81.6 cm³/mol. The van der Waals surface area contributed by atoms with Gasteiger partial charge in [-0.1, -0.05) is 12.1 Å². The Morgan fingerprint density at radius 1 is 1.29 bits per heavy atom. The average molecular weight is 301 g/mol. The van der Waals surface area contributed by atoms with Crippen LogP contribution in [0.1, 0.15) is 25.9 Å². The third kappa shape index (κ3) is 2.54. The number of thiazole rings is 1. The molecule has 2 heterocycles. The van der Waals surface area contributed by atoms with Crippen LogP contribution in [0.25, 0.3) is 0 Å². The van der Waals surface area contributed by atoms with Crippen molar-refractivity contribution in [2.75, 3.05) is 11.4 Å². The minimum Gasteiger partial charge on any atom is -0.343 e. The van der Waals surface area contributed by atoms with E-state index in [0.717, 1.165) is 15.6 Å². The molecule has 0 aliphatic carbocycles. The highest BCUT2D eigenvalue weighted by Crippen LogP contribution is 2.26. The Bertz CT molecular complexity index is 704. The van der Waals surface area contributed by atoms with Crippen molar-refractivity contribution in [3.8, 4) is 0 Å². The van der Waals surface area contributed by atoms with Crippen LogP contribution in [0.4, 0.5) is 5.69 Å². The normalized spacial score (nSPS) is 14.7. The highest BCUT2D eigenvalue weighted by Gasteiger charge is 2.26. The number of nitrogens with zero attached hydrogens (tertiary/aromatic N) is 2. The fraction of sp³-hybridized carbons (Fsp3) is 0.267. The van der Waals surface area contributed by atoms with Crippen LogP contribution >= 0.6 is 11.3 Å². The maximum atomic E-state index is 12.3. The molecule has 1 N–H and O–H groups in total. The maximum Gasteiger partial charge on any atom is 0.253 e. The van der Waals surface area contributed by atoms with E-state index in [-0.39, 0.29) is 18.4 Å². The lowest BCUT2D eigenvalue weighted by molar-refractivity contribution is -0.117. The van der Waals surface area contributed by atoms with Crippen LogP contribution in [0.2, 0.25) is 0 Å². The quantitative estimate of drug-likeness (QED) is 0.923. The number of nitrogens with one attached hydrogen (secondary N) is 1. The highest BCUT2D eigenvalue weighted by molar-refractivity contribution is 7.11. The summed E-state index contributed by atoms with van der Waals surface area (Å²) >= 11 is 1.58. The SMILES string of the molecule is Cc1nc(CN2C(=O)CNC(=O)c3ccccc32)sc1C. The molecule has 0 unspecified atom stereocenters. The fourth-order valence-corrected chi connectivity index (χ4v) is 3.22. The lowest BCUT2D eigenvalue weighted by atomic mass is 10.1. The number of para-hydroxylation sites is 1. The molecule has 1 aliphatic heterocycles. The first-order valence-corrected chi connectivity index (χ1v) is 7.48. The van der Waals surface area contributed by atoms with Gasteiger partial charge in [0.05, 0.1) is 30.0 Å². The van der Waals surface area contributed by atoms with Gasteiger partial charge < -0.3 is 10.2 Å². The smallest absolute Gasteiger partial charge is 0.253 e. The van der Waals surface area contributed by atoms with Gasteiger partial charge in [-0.2, -0.15) is 0 Å². The van der Waals surface area contributed by atoms with E-state index in [9.17, 15) is 9.59 Å². The van der Waals surface area contributed by atoms with E-state index < -0.39 is 0 Å². The van der Waals surface area contributed by atoms with Gasteiger partial charge in [0, 0.05) is 4.88 Å². The van der Waals surface area contributed by atoms with Gasteiger partial charge in [-0.3, -0.25) is 9.59 Å². The Morgan fingerprint density at radius 2 is 2.05 bits per heavy atom. The Balaban J connectivity index is 2.01. The number of carbonyl (C=O) groups is 2. The van der Waals surface area contributed by atoms with E-state index in [1.807, 2.05) is 19.9 Å². The van der Waals surface area contributed by atoms with Gasteiger partial charge in [-0.05, 0) is 26.0 Å². The molecule has 0 atom stereocenters. The van der Waals surface area contributed by atoms with Crippen LogP contribution in [0.15, 0.2) is 24.3 Å². The standard InChI is InChI=1S/C15H15N3O2S/c1-9-10(2)21-13(17-9)8-18-12-6-4-3-5-11(12)15(20)16-7-14(18)19/h3-6H,7-8H2,1-2H3,(H,16,20). The van der Waals surface area contributed by atoms with E-state index in [1.54, 1.807) is 34.4 Å². The summed E-state index contributed by atoms with van der Waals surface area (Å²) in [6, 6.07) is 7.15. The van der Waals surface area contributed by atoms with Crippen molar-refractivity contribution in [3.63, 3.8) is 0 Å². The van der Waals surface area contributed by atoms with Gasteiger partial charge in [0.25, 0.3) is 5.91 Å². The molecular formula is C15H15N3O2S. The topological polar surface area (TPSA) is 62.3 Å². The number of anilines is 1. The third-order valence-electron chi connectivity index (χ3n) is 3.51. The first kappa shape index (κ1) is 13.8. The molecule has 2 aromatic rings. The van der Waals surface area contributed by atoms with Crippen molar-refractivity contribution < 1.29 is 9.59 Å². The first-order valence-electron chi connectivity index (χ1n) is 6.67. The third-order valence-corrected chi connectivity index (χ3v) is 4.56. The number of hydrogen-bond donors (Lipinski definition) is 1. The summed E-state index contributed by atoms with van der Waals surface area (Å²) in [4.78, 5) is 31.6. The van der Waals surface area contributed by atoms with Crippen LogP contribution in [0, 0.1) is 13.8 Å². The second-order valence-electron chi connectivity index (χ2n) is 4.93. The summed E-state index contributed by atoms with van der Waals surface area (Å²) in [5, 5.41) is 3.51. The number of aryl methyl sites for hydroxylation is 2. The predicted octanol–water partition coefficient (Wildman–Crippen LogP) is 2.04. The van der Waals surface area contributed by atoms with Gasteiger partial charge in [0.2, 0.25) is 5.91 Å². The number of aromatic nitrogens is 1. The van der Waals surface area contributed by atoms with Crippen LogP contribution < -0.4 is 10.2 Å². The molecule has 0 fully saturated rings. The zero-order valence-electron chi connectivity index (χ0n) is 11.8. The Labute approximate surface area is 126 Å². The van der Waals surface area contributed by atoms with E-state index in [4.69, 9.17) is 0 Å². The van der Waals surface area contributed by atoms with Crippen molar-refractivity contribution in [2.45, 2.75) is 20.4 Å². The van der Waals surface area contributed by atoms with Gasteiger partial charge in [0.1, 0.15) is 5.01 Å². The minimum atomic E-state index is -0.215. The minimum absolute atomic E-state index is 0.0108. The molecule has 3 rings (SSSR count). The molecule has 5 nitrogen and oxygen atoms in total. The lowest BCUT2D eigenvalue weighted by Gasteiger charge is -2.20. The highest BCUT2D eigenvalue weighted by atomic mass is 32.1. The summed E-state index contributed by atoms with van der Waals surface area (Å²) < 4.78 is 0. The molecule has 6 heteroatoms. The molecule has 0 radical (unpaired) electrons. The van der Waals surface area contributed by atoms with Gasteiger partial charge in [-0.25, -0.2) is 4.98 Å². The van der Waals surface area contributed by atoms with Crippen molar-refractivity contribution in [1.82, 2.24) is 10.3 Å². The largest absolute Gasteiger partial charge is 0.343 e. The fourth-order valence-electron chi connectivity index (χ4n) is 2.30. The molecule has 1 aromatic carbocycles. The molecule has 0 spiro atoms. The second-order valence-corrected chi connectivity index (χ2v) is 6.22. The molecular weight excluding hydrogens is 286 g/mol. The number of fused-ring (bicyclic) bond motifs is 1. The van der Waals surface area contributed by atoms with Crippen molar-refractivity contribution in [3.05, 3.63) is 45.4 Å². The summed E-state index contributed by atoms with van der Waals surface area (Å²) in [5.74, 6) is -0.341. The van der Waals surface area contributed by atoms with Crippen LogP contribution in [-0.4, -0.2) is 23.3 Å². The lowest BCUT2D eigenvalue weighted by Crippen LogP contribution is -2.36. The van der Waals surface area contributed by atoms with Crippen LogP contribution in [0.3, 0.4) is 0 Å². The van der Waals surface area contributed by atoms with E-state index in [2.05, 4.69) is 10.3 Å². The molecule has 0 bridgehead atoms. The maximum absolute atomic E-state index is 12.3. The van der Waals surface area contributed by atoms with E-state index in [1.165, 1.54) is 0 Å². The van der Waals surface area contributed by atoms with Gasteiger partial charge >= 0.3 is 0 Å². The molecule has 108 valence electrons. The number of hydrogen-bond acceptors (Lipinski definition) is 4. The van der Waals surface area contributed by atoms with E-state index in [0.29, 0.717) is 17.8 Å². The monoisotopic (exact) mass is 301 g/mol. The van der Waals surface area contributed by atoms with E-state index >= 15 is 0 Å². The van der Waals surface area contributed by atoms with Crippen LogP contribution in [-0.2, 0) is 11.3 Å². The average Bonchev–Trinajstić information content (AvgIpc) is 2.74. The molecule has 21 heavy (non-hydrogen) atoms. The van der Waals surface area contributed by atoms with Crippen molar-refractivity contribution >= 4 is 28.8 Å². The Morgan fingerprint density at radius 3 is 2.76 bits per heavy atom. The summed E-state index contributed by atoms with van der Waals surface area (Å²) in [6.45, 7) is 4.37. The zero-order chi connectivity index (χ0) is 15.0. The number of carbonyl (C=O) groups excluding carboxylic acids is 2. The first-order chi connectivity index (χ1) is 10.1. The molecule has 1 aliphatic rings. The number of benzene rings is 1. The second kappa shape index (κ2) is 5.29. The van der Waals surface area contributed by atoms with Crippen molar-refractivity contribution in [2.24, 2.45) is 0 Å². The molecule has 1 aromatic heterocycles. The summed E-state index contributed by atoms with van der Waals surface area (Å²) in [7, 11) is 0. The summed E-state index contributed by atoms with van der Waals surface area (Å²) in [5.41, 5.74) is 2.15. The number of amides is 2. The van der Waals surface area contributed by atoms with Crippen LogP contribution in [0.5, 0.6) is 0 Å². The molecule has 0 saturated heterocycles. The van der Waals surface area contributed by atoms with Gasteiger partial charge in [0.15, 0.2) is 0 Å².